The van der Waals surface area contributed by atoms with Gasteiger partial charge in [-0.1, -0.05) is 71.6 Å². The Labute approximate surface area is 174 Å². The number of hydrogen-bond acceptors (Lipinski definition) is 5. The number of nitrogens with zero attached hydrogens (tertiary/aromatic N) is 1. The van der Waals surface area contributed by atoms with Crippen LogP contribution in [0.25, 0.3) is 0 Å². The summed E-state index contributed by atoms with van der Waals surface area (Å²) in [7, 11) is -4.44. The lowest BCUT2D eigenvalue weighted by atomic mass is 10.1. The van der Waals surface area contributed by atoms with Gasteiger partial charge >= 0.3 is 0 Å². The molecule has 1 N–H and O–H groups in total. The zero-order valence-corrected chi connectivity index (χ0v) is 20.2. The van der Waals surface area contributed by atoms with E-state index in [9.17, 15) is 9.46 Å². The Hall–Kier alpha value is 0.0300. The van der Waals surface area contributed by atoms with Gasteiger partial charge in [-0.3, -0.25) is 4.57 Å². The molecule has 0 heterocycles. The van der Waals surface area contributed by atoms with Gasteiger partial charge in [0.05, 0.1) is 32.8 Å². The molecule has 7 heteroatoms. The third-order valence-corrected chi connectivity index (χ3v) is 6.26. The van der Waals surface area contributed by atoms with Crippen molar-refractivity contribution in [3.63, 3.8) is 0 Å². The van der Waals surface area contributed by atoms with Crippen LogP contribution < -0.4 is 4.89 Å². The molecule has 0 fully saturated rings. The molecule has 0 rings (SSSR count). The molecule has 0 radical (unpaired) electrons. The largest absolute Gasteiger partial charge is 0.754 e. The van der Waals surface area contributed by atoms with E-state index in [1.807, 2.05) is 0 Å². The van der Waals surface area contributed by atoms with Crippen LogP contribution in [0.5, 0.6) is 0 Å². The Bertz CT molecular complexity index is 356. The molecule has 1 atom stereocenters. The topological polar surface area (TPSA) is 78.8 Å². The van der Waals surface area contributed by atoms with Gasteiger partial charge in [0.1, 0.15) is 0 Å². The maximum absolute atomic E-state index is 10.6. The maximum Gasteiger partial charge on any atom is 0.297 e. The second-order valence-corrected chi connectivity index (χ2v) is 8.87. The molecular weight excluding hydrogens is 377 g/mol. The molecule has 0 saturated heterocycles. The Morgan fingerprint density at radius 3 is 1.50 bits per heavy atom. The molecule has 0 saturated carbocycles. The molecule has 0 aromatic carbocycles. The van der Waals surface area contributed by atoms with E-state index in [4.69, 9.17) is 5.26 Å². The Kier molecular flexibility index (Phi) is 21.9. The van der Waals surface area contributed by atoms with Gasteiger partial charge in [-0.15, -0.1) is 0 Å². The van der Waals surface area contributed by atoms with Crippen LogP contribution in [0.2, 0.25) is 0 Å². The molecule has 0 bridgehead atoms. The highest BCUT2D eigenvalue weighted by Gasteiger charge is 2.18. The molecule has 28 heavy (non-hydrogen) atoms. The van der Waals surface area contributed by atoms with Crippen molar-refractivity contribution < 1.29 is 28.4 Å². The summed E-state index contributed by atoms with van der Waals surface area (Å²) in [6.45, 7) is 16.7. The third kappa shape index (κ3) is 18.1. The average molecular weight is 426 g/mol. The lowest BCUT2D eigenvalue weighted by Gasteiger charge is -2.35. The second kappa shape index (κ2) is 20.3. The van der Waals surface area contributed by atoms with Crippen LogP contribution in [0.1, 0.15) is 105 Å². The summed E-state index contributed by atoms with van der Waals surface area (Å²) in [6, 6.07) is 0. The maximum atomic E-state index is 10.6. The summed E-state index contributed by atoms with van der Waals surface area (Å²) >= 11 is 0. The third-order valence-electron chi connectivity index (χ3n) is 5.56. The average Bonchev–Trinajstić information content (AvgIpc) is 2.71. The molecule has 0 aromatic heterocycles. The van der Waals surface area contributed by atoms with Crippen LogP contribution in [-0.4, -0.2) is 42.5 Å². The van der Waals surface area contributed by atoms with Gasteiger partial charge in [-0.25, -0.2) is 5.26 Å². The van der Waals surface area contributed by atoms with Crippen molar-refractivity contribution in [3.8, 4) is 0 Å². The Balaban J connectivity index is 0. The van der Waals surface area contributed by atoms with E-state index in [0.29, 0.717) is 6.42 Å². The molecule has 1 unspecified atom stereocenters. The first-order valence-corrected chi connectivity index (χ1v) is 13.0. The van der Waals surface area contributed by atoms with Gasteiger partial charge in [-0.05, 0) is 33.6 Å². The SMILES string of the molecule is CCCCCCCCCCCCOP(=O)([O-])OO.CCC[N+](CC)(CC)CC. The van der Waals surface area contributed by atoms with Crippen LogP contribution in [-0.2, 0) is 13.8 Å². The molecule has 0 amide bonds. The molecule has 0 aromatic rings. The van der Waals surface area contributed by atoms with E-state index in [-0.39, 0.29) is 6.61 Å². The van der Waals surface area contributed by atoms with Crippen molar-refractivity contribution in [1.29, 1.82) is 0 Å². The molecule has 0 spiro atoms. The number of rotatable bonds is 18. The van der Waals surface area contributed by atoms with Gasteiger partial charge in [0, 0.05) is 0 Å². The van der Waals surface area contributed by atoms with Crippen LogP contribution >= 0.6 is 7.82 Å². The Morgan fingerprint density at radius 1 is 0.750 bits per heavy atom. The lowest BCUT2D eigenvalue weighted by molar-refractivity contribution is -0.923. The summed E-state index contributed by atoms with van der Waals surface area (Å²) in [5.41, 5.74) is 0. The quantitative estimate of drug-likeness (QED) is 0.0936. The minimum atomic E-state index is -4.44. The van der Waals surface area contributed by atoms with Gasteiger partial charge < -0.3 is 13.9 Å². The highest BCUT2D eigenvalue weighted by Crippen LogP contribution is 2.36. The van der Waals surface area contributed by atoms with E-state index in [1.54, 1.807) is 0 Å². The highest BCUT2D eigenvalue weighted by molar-refractivity contribution is 7.45. The van der Waals surface area contributed by atoms with Crippen molar-refractivity contribution in [2.24, 2.45) is 0 Å². The van der Waals surface area contributed by atoms with Crippen LogP contribution in [0.4, 0.5) is 0 Å². The minimum Gasteiger partial charge on any atom is -0.754 e. The van der Waals surface area contributed by atoms with E-state index < -0.39 is 7.82 Å². The summed E-state index contributed by atoms with van der Waals surface area (Å²) in [6.07, 6.45) is 13.0. The van der Waals surface area contributed by atoms with Gasteiger partial charge in [0.2, 0.25) is 0 Å². The highest BCUT2D eigenvalue weighted by atomic mass is 31.2. The smallest absolute Gasteiger partial charge is 0.297 e. The molecule has 0 aliphatic rings. The molecule has 172 valence electrons. The van der Waals surface area contributed by atoms with Crippen molar-refractivity contribution in [2.45, 2.75) is 105 Å². The van der Waals surface area contributed by atoms with E-state index >= 15 is 0 Å². The number of phosphoric ester groups is 1. The molecular formula is C21H48NO5P. The fourth-order valence-electron chi connectivity index (χ4n) is 3.41. The first-order valence-electron chi connectivity index (χ1n) is 11.5. The number of phosphoric acid groups is 1. The fraction of sp³-hybridized carbons (Fsp3) is 1.00. The van der Waals surface area contributed by atoms with Gasteiger partial charge in [0.25, 0.3) is 7.82 Å². The number of quaternary nitrogens is 1. The monoisotopic (exact) mass is 425 g/mol. The zero-order valence-electron chi connectivity index (χ0n) is 19.3. The Morgan fingerprint density at radius 2 is 1.18 bits per heavy atom. The van der Waals surface area contributed by atoms with Crippen LogP contribution in [0.15, 0.2) is 0 Å². The molecule has 0 aliphatic heterocycles. The normalized spacial score (nSPS) is 13.7. The predicted molar refractivity (Wildman–Crippen MR) is 116 cm³/mol. The molecule has 0 aliphatic carbocycles. The second-order valence-electron chi connectivity index (χ2n) is 7.56. The summed E-state index contributed by atoms with van der Waals surface area (Å²) < 4.78 is 19.5. The van der Waals surface area contributed by atoms with Crippen molar-refractivity contribution >= 4 is 7.82 Å². The zero-order chi connectivity index (χ0) is 21.7. The first kappa shape index (κ1) is 30.2. The van der Waals surface area contributed by atoms with E-state index in [0.717, 1.165) is 12.8 Å². The summed E-state index contributed by atoms with van der Waals surface area (Å²) in [4.78, 5) is 10.6. The lowest BCUT2D eigenvalue weighted by Crippen LogP contribution is -2.47. The summed E-state index contributed by atoms with van der Waals surface area (Å²) in [5, 5.41) is 7.95. The van der Waals surface area contributed by atoms with Crippen LogP contribution in [0, 0.1) is 0 Å². The summed E-state index contributed by atoms with van der Waals surface area (Å²) in [5.74, 6) is 0. The number of unbranched alkanes of at least 4 members (excludes halogenated alkanes) is 9. The van der Waals surface area contributed by atoms with Crippen molar-refractivity contribution in [2.75, 3.05) is 32.8 Å². The van der Waals surface area contributed by atoms with Crippen molar-refractivity contribution in [3.05, 3.63) is 0 Å². The van der Waals surface area contributed by atoms with Crippen molar-refractivity contribution in [1.82, 2.24) is 0 Å². The fourth-order valence-corrected chi connectivity index (χ4v) is 3.81. The van der Waals surface area contributed by atoms with Crippen LogP contribution in [0.3, 0.4) is 0 Å². The van der Waals surface area contributed by atoms with Gasteiger partial charge in [0.15, 0.2) is 0 Å². The minimum absolute atomic E-state index is 0.0812. The number of hydrogen-bond donors (Lipinski definition) is 1. The van der Waals surface area contributed by atoms with Gasteiger partial charge in [-0.2, -0.15) is 4.67 Å². The first-order chi connectivity index (χ1) is 13.4. The predicted octanol–water partition coefficient (Wildman–Crippen LogP) is 6.15. The standard InChI is InChI=1S/C12H27O5P.C9H22N/c1-2-3-4-5-6-7-8-9-10-11-12-16-18(14,15)17-13;1-5-9-10(6-2,7-3)8-4/h13H,2-12H2,1H3,(H,14,15);5-9H2,1-4H3/q;+1/p-1. The van der Waals surface area contributed by atoms with E-state index in [2.05, 4.69) is 43.8 Å². The molecule has 6 nitrogen and oxygen atoms in total. The van der Waals surface area contributed by atoms with E-state index in [1.165, 1.54) is 82.0 Å².